The molecule has 4 heteroatoms. The fourth-order valence-corrected chi connectivity index (χ4v) is 3.95. The Balaban J connectivity index is 1.57. The Kier molecular flexibility index (Phi) is 5.16. The van der Waals surface area contributed by atoms with E-state index in [9.17, 15) is 4.79 Å². The molecule has 22 heavy (non-hydrogen) atoms. The van der Waals surface area contributed by atoms with Crippen molar-refractivity contribution in [2.75, 3.05) is 13.1 Å². The summed E-state index contributed by atoms with van der Waals surface area (Å²) in [5.74, 6) is 0.307. The van der Waals surface area contributed by atoms with E-state index < -0.39 is 0 Å². The van der Waals surface area contributed by atoms with Crippen molar-refractivity contribution < 1.29 is 4.79 Å². The molecule has 1 aliphatic rings. The third-order valence-electron chi connectivity index (χ3n) is 4.08. The van der Waals surface area contributed by atoms with Crippen LogP contribution in [0.2, 0.25) is 5.02 Å². The maximum atomic E-state index is 12.2. The molecular formula is C18H20ClNOS. The number of aryl methyl sites for hydroxylation is 1. The minimum atomic E-state index is 0.307. The second-order valence-electron chi connectivity index (χ2n) is 5.71. The van der Waals surface area contributed by atoms with Gasteiger partial charge in [-0.2, -0.15) is 0 Å². The van der Waals surface area contributed by atoms with Crippen LogP contribution in [-0.2, 0) is 11.2 Å². The van der Waals surface area contributed by atoms with E-state index >= 15 is 0 Å². The summed E-state index contributed by atoms with van der Waals surface area (Å²) in [6, 6.07) is 12.2. The maximum absolute atomic E-state index is 12.2. The molecule has 1 aromatic heterocycles. The minimum Gasteiger partial charge on any atom is -0.343 e. The number of halogens is 1. The number of hydrogen-bond acceptors (Lipinski definition) is 2. The number of benzene rings is 1. The predicted molar refractivity (Wildman–Crippen MR) is 93.5 cm³/mol. The molecular weight excluding hydrogens is 314 g/mol. The minimum absolute atomic E-state index is 0.307. The van der Waals surface area contributed by atoms with Crippen LogP contribution in [0.3, 0.4) is 0 Å². The molecule has 2 aromatic rings. The Morgan fingerprint density at radius 2 is 1.77 bits per heavy atom. The van der Waals surface area contributed by atoms with E-state index in [0.29, 0.717) is 12.3 Å². The average Bonchev–Trinajstić information content (AvgIpc) is 3.03. The van der Waals surface area contributed by atoms with Crippen molar-refractivity contribution in [3.05, 3.63) is 46.3 Å². The van der Waals surface area contributed by atoms with Crippen molar-refractivity contribution in [1.82, 2.24) is 4.90 Å². The van der Waals surface area contributed by atoms with Crippen LogP contribution in [0.1, 0.15) is 30.6 Å². The quantitative estimate of drug-likeness (QED) is 0.769. The molecule has 3 rings (SSSR count). The highest BCUT2D eigenvalue weighted by Crippen LogP contribution is 2.29. The fourth-order valence-electron chi connectivity index (χ4n) is 2.81. The lowest BCUT2D eigenvalue weighted by Gasteiger charge is -2.26. The van der Waals surface area contributed by atoms with Crippen molar-refractivity contribution in [3.63, 3.8) is 0 Å². The molecule has 0 N–H and O–H groups in total. The zero-order chi connectivity index (χ0) is 15.4. The number of carbonyl (C=O) groups excluding carboxylic acids is 1. The molecule has 1 fully saturated rings. The van der Waals surface area contributed by atoms with Gasteiger partial charge in [-0.3, -0.25) is 4.79 Å². The number of rotatable bonds is 4. The molecule has 0 saturated carbocycles. The van der Waals surface area contributed by atoms with Crippen LogP contribution in [0, 0.1) is 0 Å². The Bertz CT molecular complexity index is 629. The third-order valence-corrected chi connectivity index (χ3v) is 5.53. The summed E-state index contributed by atoms with van der Waals surface area (Å²) in [5.41, 5.74) is 1.18. The van der Waals surface area contributed by atoms with Crippen LogP contribution in [0.4, 0.5) is 0 Å². The molecule has 0 atom stereocenters. The van der Waals surface area contributed by atoms with Gasteiger partial charge >= 0.3 is 0 Å². The van der Waals surface area contributed by atoms with Gasteiger partial charge in [0.15, 0.2) is 0 Å². The van der Waals surface area contributed by atoms with Crippen molar-refractivity contribution in [1.29, 1.82) is 0 Å². The summed E-state index contributed by atoms with van der Waals surface area (Å²) >= 11 is 7.69. The molecule has 116 valence electrons. The van der Waals surface area contributed by atoms with E-state index in [0.717, 1.165) is 37.4 Å². The van der Waals surface area contributed by atoms with Crippen LogP contribution in [0.5, 0.6) is 0 Å². The molecule has 2 heterocycles. The summed E-state index contributed by atoms with van der Waals surface area (Å²) in [7, 11) is 0. The van der Waals surface area contributed by atoms with E-state index in [4.69, 9.17) is 11.6 Å². The van der Waals surface area contributed by atoms with Gasteiger partial charge in [0.25, 0.3) is 0 Å². The first-order valence-corrected chi connectivity index (χ1v) is 9.04. The lowest BCUT2D eigenvalue weighted by Crippen LogP contribution is -2.35. The Labute approximate surface area is 140 Å². The van der Waals surface area contributed by atoms with Crippen LogP contribution in [0.15, 0.2) is 36.4 Å². The van der Waals surface area contributed by atoms with Crippen molar-refractivity contribution in [2.24, 2.45) is 0 Å². The number of piperidine rings is 1. The zero-order valence-corrected chi connectivity index (χ0v) is 14.1. The van der Waals surface area contributed by atoms with E-state index in [1.54, 1.807) is 11.3 Å². The number of nitrogens with zero attached hydrogens (tertiary/aromatic N) is 1. The lowest BCUT2D eigenvalue weighted by molar-refractivity contribution is -0.132. The van der Waals surface area contributed by atoms with Crippen LogP contribution < -0.4 is 0 Å². The number of thiophene rings is 1. The van der Waals surface area contributed by atoms with E-state index in [1.165, 1.54) is 21.7 Å². The second-order valence-corrected chi connectivity index (χ2v) is 7.32. The first kappa shape index (κ1) is 15.6. The van der Waals surface area contributed by atoms with Crippen LogP contribution in [0.25, 0.3) is 10.4 Å². The standard InChI is InChI=1S/C18H20ClNOS/c19-15-6-4-14(5-7-15)17-10-8-16(22-17)9-11-18(21)20-12-2-1-3-13-20/h4-8,10H,1-3,9,11-13H2. The summed E-state index contributed by atoms with van der Waals surface area (Å²) in [6.45, 7) is 1.89. The molecule has 1 amide bonds. The Morgan fingerprint density at radius 3 is 2.50 bits per heavy atom. The van der Waals surface area contributed by atoms with E-state index in [1.807, 2.05) is 29.2 Å². The molecule has 0 radical (unpaired) electrons. The average molecular weight is 334 g/mol. The molecule has 1 saturated heterocycles. The molecule has 0 unspecified atom stereocenters. The monoisotopic (exact) mass is 333 g/mol. The zero-order valence-electron chi connectivity index (χ0n) is 12.6. The highest BCUT2D eigenvalue weighted by molar-refractivity contribution is 7.15. The second kappa shape index (κ2) is 7.30. The van der Waals surface area contributed by atoms with Gasteiger partial charge in [0, 0.05) is 34.3 Å². The number of carbonyl (C=O) groups is 1. The fraction of sp³-hybridized carbons (Fsp3) is 0.389. The van der Waals surface area contributed by atoms with Crippen molar-refractivity contribution in [2.45, 2.75) is 32.1 Å². The van der Waals surface area contributed by atoms with Gasteiger partial charge in [-0.1, -0.05) is 23.7 Å². The largest absolute Gasteiger partial charge is 0.343 e. The third kappa shape index (κ3) is 3.90. The summed E-state index contributed by atoms with van der Waals surface area (Å²) < 4.78 is 0. The molecule has 2 nitrogen and oxygen atoms in total. The number of hydrogen-bond donors (Lipinski definition) is 0. The van der Waals surface area contributed by atoms with Gasteiger partial charge in [-0.25, -0.2) is 0 Å². The lowest BCUT2D eigenvalue weighted by atomic mass is 10.1. The number of likely N-dealkylation sites (tertiary alicyclic amines) is 1. The van der Waals surface area contributed by atoms with Crippen LogP contribution >= 0.6 is 22.9 Å². The first-order valence-electron chi connectivity index (χ1n) is 7.85. The molecule has 1 aliphatic heterocycles. The molecule has 1 aromatic carbocycles. The van der Waals surface area contributed by atoms with Crippen molar-refractivity contribution in [3.8, 4) is 10.4 Å². The van der Waals surface area contributed by atoms with Crippen molar-refractivity contribution >= 4 is 28.8 Å². The topological polar surface area (TPSA) is 20.3 Å². The van der Waals surface area contributed by atoms with Gasteiger partial charge in [-0.15, -0.1) is 11.3 Å². The Hall–Kier alpha value is -1.32. The normalized spacial score (nSPS) is 15.0. The highest BCUT2D eigenvalue weighted by Gasteiger charge is 2.16. The SMILES string of the molecule is O=C(CCc1ccc(-c2ccc(Cl)cc2)s1)N1CCCCC1. The predicted octanol–water partition coefficient (Wildman–Crippen LogP) is 5.01. The Morgan fingerprint density at radius 1 is 1.05 bits per heavy atom. The van der Waals surface area contributed by atoms with Gasteiger partial charge in [0.2, 0.25) is 5.91 Å². The van der Waals surface area contributed by atoms with Gasteiger partial charge < -0.3 is 4.90 Å². The smallest absolute Gasteiger partial charge is 0.222 e. The van der Waals surface area contributed by atoms with E-state index in [-0.39, 0.29) is 0 Å². The van der Waals surface area contributed by atoms with Gasteiger partial charge in [0.1, 0.15) is 0 Å². The summed E-state index contributed by atoms with van der Waals surface area (Å²) in [4.78, 5) is 16.7. The number of amides is 1. The molecule has 0 spiro atoms. The molecule has 0 bridgehead atoms. The summed E-state index contributed by atoms with van der Waals surface area (Å²) in [5, 5.41) is 0.757. The van der Waals surface area contributed by atoms with Crippen LogP contribution in [-0.4, -0.2) is 23.9 Å². The first-order chi connectivity index (χ1) is 10.7. The van der Waals surface area contributed by atoms with Gasteiger partial charge in [-0.05, 0) is 55.5 Å². The summed E-state index contributed by atoms with van der Waals surface area (Å²) in [6.07, 6.45) is 5.05. The highest BCUT2D eigenvalue weighted by atomic mass is 35.5. The maximum Gasteiger partial charge on any atom is 0.222 e. The van der Waals surface area contributed by atoms with Gasteiger partial charge in [0.05, 0.1) is 0 Å². The van der Waals surface area contributed by atoms with E-state index in [2.05, 4.69) is 12.1 Å². The molecule has 0 aliphatic carbocycles.